The number of carbonyl (C=O) groups is 1. The van der Waals surface area contributed by atoms with Gasteiger partial charge in [-0.1, -0.05) is 43.3 Å². The van der Waals surface area contributed by atoms with Gasteiger partial charge in [-0.3, -0.25) is 4.79 Å². The maximum atomic E-state index is 12.2. The van der Waals surface area contributed by atoms with Gasteiger partial charge in [-0.25, -0.2) is 0 Å². The van der Waals surface area contributed by atoms with Gasteiger partial charge in [0.2, 0.25) is 11.1 Å². The van der Waals surface area contributed by atoms with Crippen molar-refractivity contribution in [1.29, 1.82) is 5.26 Å². The number of carbonyl (C=O) groups excluding carboxylic acids is 1. The molecule has 0 aliphatic carbocycles. The van der Waals surface area contributed by atoms with Crippen LogP contribution in [0.3, 0.4) is 0 Å². The molecule has 1 atom stereocenters. The average molecular weight is 358 g/mol. The molecule has 0 saturated heterocycles. The smallest absolute Gasteiger partial charge is 0.231 e. The molecule has 0 aliphatic rings. The lowest BCUT2D eigenvalue weighted by molar-refractivity contribution is -0.120. The van der Waals surface area contributed by atoms with E-state index in [2.05, 4.69) is 33.0 Å². The van der Waals surface area contributed by atoms with Crippen molar-refractivity contribution in [3.63, 3.8) is 0 Å². The average Bonchev–Trinajstić information content (AvgIpc) is 3.01. The molecule has 132 valence electrons. The highest BCUT2D eigenvalue weighted by Gasteiger charge is 2.30. The summed E-state index contributed by atoms with van der Waals surface area (Å²) in [6.07, 6.45) is 0. The molecular formula is C17H22N6OS. The summed E-state index contributed by atoms with van der Waals surface area (Å²) in [5.74, 6) is -0.0835. The first-order chi connectivity index (χ1) is 11.8. The van der Waals surface area contributed by atoms with Gasteiger partial charge < -0.3 is 5.32 Å². The highest BCUT2D eigenvalue weighted by atomic mass is 32.2. The minimum absolute atomic E-state index is 0.00646. The number of nitrogens with one attached hydrogen (secondary N) is 1. The summed E-state index contributed by atoms with van der Waals surface area (Å²) >= 11 is 1.24. The van der Waals surface area contributed by atoms with Crippen LogP contribution in [0.15, 0.2) is 23.4 Å². The van der Waals surface area contributed by atoms with E-state index in [1.807, 2.05) is 39.8 Å². The van der Waals surface area contributed by atoms with E-state index >= 15 is 0 Å². The number of hydrogen-bond acceptors (Lipinski definition) is 6. The third-order valence-corrected chi connectivity index (χ3v) is 5.06. The van der Waals surface area contributed by atoms with Gasteiger partial charge in [0.15, 0.2) is 0 Å². The fourth-order valence-electron chi connectivity index (χ4n) is 2.22. The maximum Gasteiger partial charge on any atom is 0.231 e. The molecule has 25 heavy (non-hydrogen) atoms. The normalized spacial score (nSPS) is 13.3. The van der Waals surface area contributed by atoms with Crippen LogP contribution in [-0.2, 0) is 4.79 Å². The van der Waals surface area contributed by atoms with Gasteiger partial charge >= 0.3 is 0 Å². The molecule has 0 fully saturated rings. The van der Waals surface area contributed by atoms with Crippen LogP contribution in [0.2, 0.25) is 0 Å². The second-order valence-corrected chi connectivity index (χ2v) is 7.41. The van der Waals surface area contributed by atoms with Crippen LogP contribution < -0.4 is 5.32 Å². The zero-order valence-corrected chi connectivity index (χ0v) is 15.9. The van der Waals surface area contributed by atoms with E-state index in [0.29, 0.717) is 5.16 Å². The summed E-state index contributed by atoms with van der Waals surface area (Å²) in [4.78, 5) is 12.2. The molecule has 0 radical (unpaired) electrons. The minimum atomic E-state index is -0.892. The lowest BCUT2D eigenvalue weighted by Gasteiger charge is -2.27. The van der Waals surface area contributed by atoms with E-state index in [9.17, 15) is 10.1 Å². The van der Waals surface area contributed by atoms with Gasteiger partial charge in [0.25, 0.3) is 0 Å². The van der Waals surface area contributed by atoms with E-state index in [4.69, 9.17) is 0 Å². The van der Waals surface area contributed by atoms with E-state index in [1.54, 1.807) is 11.6 Å². The van der Waals surface area contributed by atoms with Crippen molar-refractivity contribution in [2.24, 2.45) is 5.92 Å². The van der Waals surface area contributed by atoms with Crippen LogP contribution in [-0.4, -0.2) is 37.4 Å². The fourth-order valence-corrected chi connectivity index (χ4v) is 2.90. The first-order valence-electron chi connectivity index (χ1n) is 7.98. The standard InChI is InChI=1S/C17H22N6OS/c1-11(2)17(5,10-18)19-15(24)9-25-16-20-21-22-23(16)14-7-6-12(3)8-13(14)4/h6-8,11H,9H2,1-5H3,(H,19,24). The molecule has 0 saturated carbocycles. The number of amides is 1. The van der Waals surface area contributed by atoms with Gasteiger partial charge in [0.1, 0.15) is 5.54 Å². The molecule has 2 aromatic rings. The molecular weight excluding hydrogens is 336 g/mol. The van der Waals surface area contributed by atoms with Gasteiger partial charge in [-0.05, 0) is 48.7 Å². The molecule has 1 amide bonds. The zero-order chi connectivity index (χ0) is 18.6. The van der Waals surface area contributed by atoms with Crippen LogP contribution in [0, 0.1) is 31.1 Å². The predicted octanol–water partition coefficient (Wildman–Crippen LogP) is 2.43. The number of tetrazole rings is 1. The Morgan fingerprint density at radius 1 is 1.44 bits per heavy atom. The largest absolute Gasteiger partial charge is 0.337 e. The van der Waals surface area contributed by atoms with Crippen molar-refractivity contribution in [2.75, 3.05) is 5.75 Å². The molecule has 1 unspecified atom stereocenters. The lowest BCUT2D eigenvalue weighted by atomic mass is 9.90. The Bertz CT molecular complexity index is 810. The van der Waals surface area contributed by atoms with Crippen LogP contribution in [0.5, 0.6) is 0 Å². The number of hydrogen-bond donors (Lipinski definition) is 1. The first-order valence-corrected chi connectivity index (χ1v) is 8.96. The summed E-state index contributed by atoms with van der Waals surface area (Å²) in [5, 5.41) is 24.4. The van der Waals surface area contributed by atoms with Crippen molar-refractivity contribution < 1.29 is 4.79 Å². The summed E-state index contributed by atoms with van der Waals surface area (Å²) < 4.78 is 1.62. The van der Waals surface area contributed by atoms with Crippen LogP contribution in [0.25, 0.3) is 5.69 Å². The summed E-state index contributed by atoms with van der Waals surface area (Å²) in [6.45, 7) is 9.54. The minimum Gasteiger partial charge on any atom is -0.337 e. The van der Waals surface area contributed by atoms with E-state index in [-0.39, 0.29) is 17.6 Å². The van der Waals surface area contributed by atoms with Gasteiger partial charge in [-0.2, -0.15) is 9.94 Å². The van der Waals surface area contributed by atoms with Crippen molar-refractivity contribution in [3.05, 3.63) is 29.3 Å². The number of aromatic nitrogens is 4. The number of rotatable bonds is 6. The first kappa shape index (κ1) is 18.9. The van der Waals surface area contributed by atoms with Gasteiger partial charge in [0, 0.05) is 0 Å². The Hall–Kier alpha value is -2.40. The number of aryl methyl sites for hydroxylation is 2. The second-order valence-electron chi connectivity index (χ2n) is 6.47. The van der Waals surface area contributed by atoms with E-state index in [1.165, 1.54) is 11.8 Å². The molecule has 8 heteroatoms. The Morgan fingerprint density at radius 3 is 2.76 bits per heavy atom. The molecule has 2 rings (SSSR count). The number of nitriles is 1. The monoisotopic (exact) mass is 358 g/mol. The number of nitrogens with zero attached hydrogens (tertiary/aromatic N) is 5. The van der Waals surface area contributed by atoms with Gasteiger partial charge in [0.05, 0.1) is 17.5 Å². The maximum absolute atomic E-state index is 12.2. The number of thioether (sulfide) groups is 1. The fraction of sp³-hybridized carbons (Fsp3) is 0.471. The highest BCUT2D eigenvalue weighted by Crippen LogP contribution is 2.22. The molecule has 1 aromatic carbocycles. The Balaban J connectivity index is 2.09. The molecule has 1 aromatic heterocycles. The van der Waals surface area contributed by atoms with E-state index < -0.39 is 5.54 Å². The third-order valence-electron chi connectivity index (χ3n) is 4.14. The topological polar surface area (TPSA) is 96.5 Å². The SMILES string of the molecule is Cc1ccc(-n2nnnc2SCC(=O)NC(C)(C#N)C(C)C)c(C)c1. The molecule has 0 spiro atoms. The highest BCUT2D eigenvalue weighted by molar-refractivity contribution is 7.99. The summed E-state index contributed by atoms with van der Waals surface area (Å²) in [6, 6.07) is 8.17. The Morgan fingerprint density at radius 2 is 2.16 bits per heavy atom. The lowest BCUT2D eigenvalue weighted by Crippen LogP contribution is -2.49. The molecule has 1 heterocycles. The zero-order valence-electron chi connectivity index (χ0n) is 15.1. The molecule has 7 nitrogen and oxygen atoms in total. The van der Waals surface area contributed by atoms with Crippen molar-refractivity contribution in [1.82, 2.24) is 25.5 Å². The van der Waals surface area contributed by atoms with Gasteiger partial charge in [-0.15, -0.1) is 5.10 Å². The second kappa shape index (κ2) is 7.66. The van der Waals surface area contributed by atoms with E-state index in [0.717, 1.165) is 16.8 Å². The van der Waals surface area contributed by atoms with Crippen LogP contribution >= 0.6 is 11.8 Å². The quantitative estimate of drug-likeness (QED) is 0.797. The van der Waals surface area contributed by atoms with Crippen LogP contribution in [0.1, 0.15) is 31.9 Å². The van der Waals surface area contributed by atoms with Crippen LogP contribution in [0.4, 0.5) is 0 Å². The summed E-state index contributed by atoms with van der Waals surface area (Å²) in [5.41, 5.74) is 2.20. The number of benzene rings is 1. The van der Waals surface area contributed by atoms with Crippen molar-refractivity contribution in [3.8, 4) is 11.8 Å². The molecule has 0 bridgehead atoms. The predicted molar refractivity (Wildman–Crippen MR) is 96.4 cm³/mol. The van der Waals surface area contributed by atoms with Crippen molar-refractivity contribution >= 4 is 17.7 Å². The van der Waals surface area contributed by atoms with Crippen molar-refractivity contribution in [2.45, 2.75) is 45.3 Å². The third kappa shape index (κ3) is 4.37. The Kier molecular flexibility index (Phi) is 5.80. The molecule has 1 N–H and O–H groups in total. The summed E-state index contributed by atoms with van der Waals surface area (Å²) in [7, 11) is 0. The molecule has 0 aliphatic heterocycles. The Labute approximate surface area is 151 Å².